The fourth-order valence-corrected chi connectivity index (χ4v) is 1.03. The lowest BCUT2D eigenvalue weighted by atomic mass is 10.3. The predicted molar refractivity (Wildman–Crippen MR) is 57.9 cm³/mol. The van der Waals surface area contributed by atoms with Gasteiger partial charge in [-0.05, 0) is 19.4 Å². The minimum absolute atomic E-state index is 0.187. The van der Waals surface area contributed by atoms with Crippen molar-refractivity contribution < 1.29 is 19.7 Å². The maximum absolute atomic E-state index is 9.01. The quantitative estimate of drug-likeness (QED) is 0.405. The zero-order chi connectivity index (χ0) is 11.4. The molecule has 0 aliphatic rings. The van der Waals surface area contributed by atoms with Crippen molar-refractivity contribution in [1.82, 2.24) is 5.32 Å². The molecule has 3 N–H and O–H groups in total. The molecule has 0 spiro atoms. The van der Waals surface area contributed by atoms with E-state index in [0.717, 1.165) is 26.0 Å². The number of aliphatic hydroxyl groups excluding tert-OH is 2. The van der Waals surface area contributed by atoms with Gasteiger partial charge in [0.05, 0.1) is 25.9 Å². The summed E-state index contributed by atoms with van der Waals surface area (Å²) >= 11 is 0. The van der Waals surface area contributed by atoms with Gasteiger partial charge >= 0.3 is 0 Å². The largest absolute Gasteiger partial charge is 0.394 e. The topological polar surface area (TPSA) is 71.0 Å². The van der Waals surface area contributed by atoms with Gasteiger partial charge in [0, 0.05) is 20.3 Å². The summed E-state index contributed by atoms with van der Waals surface area (Å²) < 4.78 is 10.1. The molecule has 0 saturated heterocycles. The highest BCUT2D eigenvalue weighted by Crippen LogP contribution is 1.89. The summed E-state index contributed by atoms with van der Waals surface area (Å²) in [6.45, 7) is 3.13. The summed E-state index contributed by atoms with van der Waals surface area (Å²) in [6.07, 6.45) is 1.35. The van der Waals surface area contributed by atoms with E-state index in [0.29, 0.717) is 19.8 Å². The Bertz CT molecular complexity index is 124. The molecule has 0 heterocycles. The molecule has 0 aliphatic carbocycles. The van der Waals surface area contributed by atoms with E-state index in [-0.39, 0.29) is 6.61 Å². The van der Waals surface area contributed by atoms with Gasteiger partial charge < -0.3 is 25.0 Å². The Morgan fingerprint density at radius 1 is 1.20 bits per heavy atom. The van der Waals surface area contributed by atoms with Crippen LogP contribution >= 0.6 is 0 Å². The average molecular weight is 221 g/mol. The molecule has 1 atom stereocenters. The number of rotatable bonds is 11. The first-order valence-electron chi connectivity index (χ1n) is 5.37. The van der Waals surface area contributed by atoms with Gasteiger partial charge in [-0.2, -0.15) is 0 Å². The summed E-state index contributed by atoms with van der Waals surface area (Å²) in [4.78, 5) is 0. The van der Waals surface area contributed by atoms with Crippen LogP contribution in [-0.4, -0.2) is 62.9 Å². The fraction of sp³-hybridized carbons (Fsp3) is 1.00. The third-order valence-corrected chi connectivity index (χ3v) is 1.91. The van der Waals surface area contributed by atoms with Crippen molar-refractivity contribution in [2.24, 2.45) is 0 Å². The van der Waals surface area contributed by atoms with Crippen molar-refractivity contribution in [1.29, 1.82) is 0 Å². The predicted octanol–water partition coefficient (Wildman–Crippen LogP) is -0.628. The second-order valence-electron chi connectivity index (χ2n) is 3.35. The van der Waals surface area contributed by atoms with Crippen LogP contribution in [0.2, 0.25) is 0 Å². The highest BCUT2D eigenvalue weighted by molar-refractivity contribution is 4.56. The molecule has 0 rings (SSSR count). The molecular formula is C10H23NO4. The third kappa shape index (κ3) is 11.7. The highest BCUT2D eigenvalue weighted by Gasteiger charge is 1.99. The van der Waals surface area contributed by atoms with Crippen LogP contribution in [0, 0.1) is 0 Å². The first-order valence-corrected chi connectivity index (χ1v) is 5.37. The lowest BCUT2D eigenvalue weighted by Crippen LogP contribution is -2.30. The number of unbranched alkanes of at least 4 members (excludes halogenated alkanes) is 1. The van der Waals surface area contributed by atoms with Crippen LogP contribution in [0.4, 0.5) is 0 Å². The number of nitrogens with one attached hydrogen (secondary N) is 1. The molecule has 92 valence electrons. The Kier molecular flexibility index (Phi) is 11.7. The standard InChI is InChI=1S/C10H23NO4/c1-14-6-7-15-5-3-2-4-11-8-10(13)9-12/h10-13H,2-9H2,1H3/t10-/m0/s1. The van der Waals surface area contributed by atoms with Crippen LogP contribution in [-0.2, 0) is 9.47 Å². The Morgan fingerprint density at radius 3 is 2.67 bits per heavy atom. The first-order chi connectivity index (χ1) is 7.31. The van der Waals surface area contributed by atoms with Crippen molar-refractivity contribution in [3.63, 3.8) is 0 Å². The Balaban J connectivity index is 2.92. The van der Waals surface area contributed by atoms with E-state index in [9.17, 15) is 0 Å². The van der Waals surface area contributed by atoms with E-state index < -0.39 is 6.10 Å². The van der Waals surface area contributed by atoms with Gasteiger partial charge in [-0.1, -0.05) is 0 Å². The van der Waals surface area contributed by atoms with Gasteiger partial charge in [0.1, 0.15) is 0 Å². The minimum Gasteiger partial charge on any atom is -0.394 e. The normalized spacial score (nSPS) is 13.0. The third-order valence-electron chi connectivity index (χ3n) is 1.91. The van der Waals surface area contributed by atoms with Crippen LogP contribution in [0.15, 0.2) is 0 Å². The van der Waals surface area contributed by atoms with Crippen LogP contribution in [0.25, 0.3) is 0 Å². The molecule has 0 bridgehead atoms. The van der Waals surface area contributed by atoms with E-state index in [1.807, 2.05) is 0 Å². The minimum atomic E-state index is -0.650. The number of methoxy groups -OCH3 is 1. The van der Waals surface area contributed by atoms with Gasteiger partial charge in [-0.15, -0.1) is 0 Å². The van der Waals surface area contributed by atoms with Crippen LogP contribution in [0.5, 0.6) is 0 Å². The van der Waals surface area contributed by atoms with Crippen molar-refractivity contribution in [2.75, 3.05) is 46.6 Å². The molecule has 0 aromatic carbocycles. The van der Waals surface area contributed by atoms with E-state index in [1.54, 1.807) is 7.11 Å². The zero-order valence-corrected chi connectivity index (χ0v) is 9.45. The van der Waals surface area contributed by atoms with Crippen LogP contribution in [0.1, 0.15) is 12.8 Å². The fourth-order valence-electron chi connectivity index (χ4n) is 1.03. The van der Waals surface area contributed by atoms with Crippen molar-refractivity contribution >= 4 is 0 Å². The van der Waals surface area contributed by atoms with Gasteiger partial charge in [0.2, 0.25) is 0 Å². The lowest BCUT2D eigenvalue weighted by molar-refractivity contribution is 0.0684. The van der Waals surface area contributed by atoms with Gasteiger partial charge in [-0.3, -0.25) is 0 Å². The molecule has 0 aliphatic heterocycles. The van der Waals surface area contributed by atoms with Crippen LogP contribution < -0.4 is 5.32 Å². The van der Waals surface area contributed by atoms with Crippen molar-refractivity contribution in [2.45, 2.75) is 18.9 Å². The summed E-state index contributed by atoms with van der Waals surface area (Å²) in [5.74, 6) is 0. The molecule has 0 amide bonds. The Morgan fingerprint density at radius 2 is 2.00 bits per heavy atom. The SMILES string of the molecule is COCCOCCCCNC[C@H](O)CO. The zero-order valence-electron chi connectivity index (χ0n) is 9.45. The number of hydrogen-bond acceptors (Lipinski definition) is 5. The molecule has 0 radical (unpaired) electrons. The van der Waals surface area contributed by atoms with Crippen molar-refractivity contribution in [3.05, 3.63) is 0 Å². The maximum atomic E-state index is 9.01. The molecule has 5 heteroatoms. The molecule has 0 unspecified atom stereocenters. The molecule has 15 heavy (non-hydrogen) atoms. The lowest BCUT2D eigenvalue weighted by Gasteiger charge is -2.08. The number of ether oxygens (including phenoxy) is 2. The van der Waals surface area contributed by atoms with E-state index in [1.165, 1.54) is 0 Å². The molecule has 0 fully saturated rings. The van der Waals surface area contributed by atoms with Gasteiger partial charge in [0.15, 0.2) is 0 Å². The second-order valence-corrected chi connectivity index (χ2v) is 3.35. The Hall–Kier alpha value is -0.200. The average Bonchev–Trinajstić information content (AvgIpc) is 2.26. The molecule has 0 aromatic heterocycles. The van der Waals surface area contributed by atoms with Crippen LogP contribution in [0.3, 0.4) is 0 Å². The smallest absolute Gasteiger partial charge is 0.0894 e. The molecular weight excluding hydrogens is 198 g/mol. The van der Waals surface area contributed by atoms with E-state index in [4.69, 9.17) is 19.7 Å². The molecule has 0 saturated carbocycles. The van der Waals surface area contributed by atoms with Gasteiger partial charge in [0.25, 0.3) is 0 Å². The van der Waals surface area contributed by atoms with E-state index in [2.05, 4.69) is 5.32 Å². The van der Waals surface area contributed by atoms with Crippen molar-refractivity contribution in [3.8, 4) is 0 Å². The van der Waals surface area contributed by atoms with E-state index >= 15 is 0 Å². The number of hydrogen-bond donors (Lipinski definition) is 3. The summed E-state index contributed by atoms with van der Waals surface area (Å²) in [7, 11) is 1.65. The first kappa shape index (κ1) is 14.8. The summed E-state index contributed by atoms with van der Waals surface area (Å²) in [5, 5.41) is 20.6. The second kappa shape index (κ2) is 11.9. The summed E-state index contributed by atoms with van der Waals surface area (Å²) in [5.41, 5.74) is 0. The molecule has 5 nitrogen and oxygen atoms in total. The highest BCUT2D eigenvalue weighted by atomic mass is 16.5. The maximum Gasteiger partial charge on any atom is 0.0894 e. The Labute approximate surface area is 91.4 Å². The molecule has 0 aromatic rings. The van der Waals surface area contributed by atoms with Gasteiger partial charge in [-0.25, -0.2) is 0 Å². The monoisotopic (exact) mass is 221 g/mol. The summed E-state index contributed by atoms with van der Waals surface area (Å²) in [6, 6.07) is 0. The number of aliphatic hydroxyl groups is 2.